The Balaban J connectivity index is 2.10. The molecule has 0 N–H and O–H groups in total. The van der Waals surface area contributed by atoms with Crippen molar-refractivity contribution >= 4 is 18.7 Å². The normalized spacial score (nSPS) is 16.8. The summed E-state index contributed by atoms with van der Waals surface area (Å²) < 4.78 is 7.16. The molecule has 0 aromatic heterocycles. The second kappa shape index (κ2) is 7.31. The van der Waals surface area contributed by atoms with Gasteiger partial charge in [-0.3, -0.25) is 0 Å². The minimum absolute atomic E-state index is 0.0597. The zero-order valence-corrected chi connectivity index (χ0v) is 16.8. The van der Waals surface area contributed by atoms with Gasteiger partial charge in [0.1, 0.15) is 0 Å². The molecule has 0 aliphatic heterocycles. The predicted molar refractivity (Wildman–Crippen MR) is 110 cm³/mol. The van der Waals surface area contributed by atoms with E-state index in [0.29, 0.717) is 6.10 Å². The highest BCUT2D eigenvalue weighted by Crippen LogP contribution is 2.39. The highest BCUT2D eigenvalue weighted by molar-refractivity contribution is 6.99. The number of rotatable bonds is 4. The molecule has 1 aliphatic carbocycles. The Kier molecular flexibility index (Phi) is 5.31. The van der Waals surface area contributed by atoms with Crippen molar-refractivity contribution in [2.45, 2.75) is 57.6 Å². The third-order valence-corrected chi connectivity index (χ3v) is 10.5. The van der Waals surface area contributed by atoms with Crippen LogP contribution in [0.4, 0.5) is 0 Å². The van der Waals surface area contributed by atoms with E-state index in [4.69, 9.17) is 4.43 Å². The average molecular weight is 351 g/mol. The molecule has 2 heteroatoms. The molecule has 1 saturated carbocycles. The maximum Gasteiger partial charge on any atom is 0.261 e. The van der Waals surface area contributed by atoms with Crippen LogP contribution in [0.5, 0.6) is 0 Å². The average Bonchev–Trinajstić information content (AvgIpc) is 2.62. The molecule has 0 amide bonds. The number of hydrogen-bond donors (Lipinski definition) is 0. The Morgan fingerprint density at radius 2 is 1.28 bits per heavy atom. The molecule has 25 heavy (non-hydrogen) atoms. The van der Waals surface area contributed by atoms with Crippen LogP contribution < -0.4 is 10.4 Å². The van der Waals surface area contributed by atoms with Gasteiger partial charge in [-0.1, -0.05) is 93.6 Å². The van der Waals surface area contributed by atoms with Crippen molar-refractivity contribution in [1.82, 2.24) is 0 Å². The molecule has 0 bridgehead atoms. The zero-order chi connectivity index (χ0) is 17.9. The highest BCUT2D eigenvalue weighted by atomic mass is 28.4. The second-order valence-electron chi connectivity index (χ2n) is 8.23. The summed E-state index contributed by atoms with van der Waals surface area (Å²) in [5.74, 6) is 0. The van der Waals surface area contributed by atoms with E-state index in [2.05, 4.69) is 88.0 Å². The number of benzene rings is 2. The molecule has 3 rings (SSSR count). The molecule has 1 fully saturated rings. The van der Waals surface area contributed by atoms with E-state index in [9.17, 15) is 0 Å². The predicted octanol–water partition coefficient (Wildman–Crippen LogP) is 5.06. The Hall–Kier alpha value is -1.64. The van der Waals surface area contributed by atoms with E-state index in [1.165, 1.54) is 15.9 Å². The summed E-state index contributed by atoms with van der Waals surface area (Å²) in [6, 6.07) is 21.9. The fourth-order valence-corrected chi connectivity index (χ4v) is 8.81. The third kappa shape index (κ3) is 3.65. The molecule has 132 valence electrons. The Bertz CT molecular complexity index is 650. The summed E-state index contributed by atoms with van der Waals surface area (Å²) in [6.07, 6.45) is 4.73. The van der Waals surface area contributed by atoms with E-state index in [1.807, 2.05) is 0 Å². The second-order valence-corrected chi connectivity index (χ2v) is 12.5. The first-order valence-electron chi connectivity index (χ1n) is 9.39. The van der Waals surface area contributed by atoms with Gasteiger partial charge in [-0.05, 0) is 41.1 Å². The van der Waals surface area contributed by atoms with Gasteiger partial charge in [0.25, 0.3) is 8.32 Å². The van der Waals surface area contributed by atoms with E-state index in [-0.39, 0.29) is 5.04 Å². The van der Waals surface area contributed by atoms with Gasteiger partial charge >= 0.3 is 0 Å². The SMILES string of the molecule is C=C1CCC(O[Si](c2ccccc2)(c2ccccc2)C(C)(C)C)CC1. The van der Waals surface area contributed by atoms with Crippen molar-refractivity contribution in [2.75, 3.05) is 0 Å². The molecule has 2 aromatic rings. The van der Waals surface area contributed by atoms with Crippen LogP contribution in [-0.4, -0.2) is 14.4 Å². The summed E-state index contributed by atoms with van der Waals surface area (Å²) in [6.45, 7) is 11.2. The minimum Gasteiger partial charge on any atom is -0.404 e. The fraction of sp³-hybridized carbons (Fsp3) is 0.391. The molecule has 0 spiro atoms. The molecule has 0 saturated heterocycles. The Labute approximate surface area is 153 Å². The standard InChI is InChI=1S/C23H30OSi/c1-19-15-17-20(18-16-19)24-25(23(2,3)4,21-11-7-5-8-12-21)22-13-9-6-10-14-22/h5-14,20H,1,15-18H2,2-4H3. The van der Waals surface area contributed by atoms with Crippen LogP contribution in [0.3, 0.4) is 0 Å². The molecule has 2 aromatic carbocycles. The summed E-state index contributed by atoms with van der Waals surface area (Å²) in [4.78, 5) is 0. The molecule has 0 atom stereocenters. The maximum absolute atomic E-state index is 7.16. The van der Waals surface area contributed by atoms with E-state index in [0.717, 1.165) is 25.7 Å². The molecule has 0 unspecified atom stereocenters. The van der Waals surface area contributed by atoms with Crippen LogP contribution in [0.25, 0.3) is 0 Å². The van der Waals surface area contributed by atoms with Crippen molar-refractivity contribution in [2.24, 2.45) is 0 Å². The lowest BCUT2D eigenvalue weighted by molar-refractivity contribution is 0.157. The minimum atomic E-state index is -2.39. The van der Waals surface area contributed by atoms with Crippen LogP contribution in [0, 0.1) is 0 Å². The van der Waals surface area contributed by atoms with Crippen molar-refractivity contribution in [3.8, 4) is 0 Å². The maximum atomic E-state index is 7.16. The monoisotopic (exact) mass is 350 g/mol. The lowest BCUT2D eigenvalue weighted by Gasteiger charge is -2.46. The van der Waals surface area contributed by atoms with Crippen molar-refractivity contribution in [1.29, 1.82) is 0 Å². The highest BCUT2D eigenvalue weighted by Gasteiger charge is 2.51. The van der Waals surface area contributed by atoms with E-state index >= 15 is 0 Å². The molecule has 1 nitrogen and oxygen atoms in total. The smallest absolute Gasteiger partial charge is 0.261 e. The van der Waals surface area contributed by atoms with Crippen LogP contribution in [-0.2, 0) is 4.43 Å². The van der Waals surface area contributed by atoms with E-state index < -0.39 is 8.32 Å². The van der Waals surface area contributed by atoms with Crippen LogP contribution >= 0.6 is 0 Å². The molecular weight excluding hydrogens is 320 g/mol. The van der Waals surface area contributed by atoms with Crippen LogP contribution in [0.15, 0.2) is 72.8 Å². The molecule has 0 radical (unpaired) electrons. The number of allylic oxidation sites excluding steroid dienone is 1. The van der Waals surface area contributed by atoms with Crippen molar-refractivity contribution in [3.05, 3.63) is 72.8 Å². The Morgan fingerprint density at radius 1 is 0.840 bits per heavy atom. The van der Waals surface area contributed by atoms with Gasteiger partial charge in [-0.15, -0.1) is 0 Å². The largest absolute Gasteiger partial charge is 0.404 e. The van der Waals surface area contributed by atoms with Crippen molar-refractivity contribution in [3.63, 3.8) is 0 Å². The number of hydrogen-bond acceptors (Lipinski definition) is 1. The van der Waals surface area contributed by atoms with Gasteiger partial charge in [-0.2, -0.15) is 0 Å². The first kappa shape index (κ1) is 18.2. The molecule has 0 heterocycles. The quantitative estimate of drug-likeness (QED) is 0.553. The van der Waals surface area contributed by atoms with Gasteiger partial charge in [-0.25, -0.2) is 0 Å². The summed E-state index contributed by atoms with van der Waals surface area (Å²) in [5.41, 5.74) is 1.38. The van der Waals surface area contributed by atoms with Gasteiger partial charge in [0.2, 0.25) is 0 Å². The summed E-state index contributed by atoms with van der Waals surface area (Å²) >= 11 is 0. The first-order chi connectivity index (χ1) is 11.9. The van der Waals surface area contributed by atoms with Gasteiger partial charge in [0, 0.05) is 6.10 Å². The molecular formula is C23H30OSi. The van der Waals surface area contributed by atoms with Crippen LogP contribution in [0.2, 0.25) is 5.04 Å². The topological polar surface area (TPSA) is 9.23 Å². The first-order valence-corrected chi connectivity index (χ1v) is 11.3. The Morgan fingerprint density at radius 3 is 1.68 bits per heavy atom. The zero-order valence-electron chi connectivity index (χ0n) is 15.8. The molecule has 1 aliphatic rings. The van der Waals surface area contributed by atoms with Gasteiger partial charge in [0.15, 0.2) is 0 Å². The van der Waals surface area contributed by atoms with Crippen LogP contribution in [0.1, 0.15) is 46.5 Å². The van der Waals surface area contributed by atoms with E-state index in [1.54, 1.807) is 0 Å². The van der Waals surface area contributed by atoms with Gasteiger partial charge in [0.05, 0.1) is 0 Å². The lowest BCUT2D eigenvalue weighted by atomic mass is 9.94. The summed E-state index contributed by atoms with van der Waals surface area (Å²) in [7, 11) is -2.39. The van der Waals surface area contributed by atoms with Gasteiger partial charge < -0.3 is 4.43 Å². The third-order valence-electron chi connectivity index (χ3n) is 5.40. The van der Waals surface area contributed by atoms with Crippen molar-refractivity contribution < 1.29 is 4.43 Å². The summed E-state index contributed by atoms with van der Waals surface area (Å²) in [5, 5.41) is 2.81. The lowest BCUT2D eigenvalue weighted by Crippen LogP contribution is -2.67. The fourth-order valence-electron chi connectivity index (χ4n) is 4.06.